The summed E-state index contributed by atoms with van der Waals surface area (Å²) in [7, 11) is 4.17. The largest absolute Gasteiger partial charge is 0.480 e. The van der Waals surface area contributed by atoms with Gasteiger partial charge >= 0.3 is 12.1 Å². The molecular weight excluding hydrogens is 336 g/mol. The Labute approximate surface area is 152 Å². The highest BCUT2D eigenvalue weighted by Gasteiger charge is 2.22. The van der Waals surface area contributed by atoms with E-state index in [1.165, 1.54) is 22.0 Å². The van der Waals surface area contributed by atoms with E-state index in [0.717, 1.165) is 19.4 Å². The number of carbonyl (C=O) groups excluding carboxylic acids is 1. The van der Waals surface area contributed by atoms with Crippen molar-refractivity contribution in [2.45, 2.75) is 18.9 Å². The normalized spacial score (nSPS) is 16.2. The Hall–Kier alpha value is -2.58. The van der Waals surface area contributed by atoms with Crippen LogP contribution in [0.1, 0.15) is 11.1 Å². The molecule has 1 fully saturated rings. The van der Waals surface area contributed by atoms with E-state index < -0.39 is 5.97 Å². The van der Waals surface area contributed by atoms with Crippen LogP contribution in [0, 0.1) is 0 Å². The average Bonchev–Trinajstić information content (AvgIpc) is 3.19. The van der Waals surface area contributed by atoms with Crippen LogP contribution in [0.5, 0.6) is 0 Å². The number of carboxylic acids is 1. The molecule has 0 bridgehead atoms. The zero-order valence-corrected chi connectivity index (χ0v) is 15.1. The fraction of sp³-hybridized carbons (Fsp3) is 0.444. The molecule has 0 radical (unpaired) electrons. The number of nitrogens with one attached hydrogen (secondary N) is 2. The predicted octanol–water partition coefficient (Wildman–Crippen LogP) is 0.953. The van der Waals surface area contributed by atoms with Crippen LogP contribution >= 0.6 is 0 Å². The van der Waals surface area contributed by atoms with Crippen LogP contribution < -0.4 is 11.1 Å². The number of carbonyl (C=O) groups is 2. The molecule has 1 aromatic carbocycles. The van der Waals surface area contributed by atoms with Crippen molar-refractivity contribution in [2.75, 3.05) is 33.8 Å². The zero-order valence-electron chi connectivity index (χ0n) is 15.1. The second-order valence-corrected chi connectivity index (χ2v) is 6.49. The van der Waals surface area contributed by atoms with Crippen molar-refractivity contribution >= 4 is 23.0 Å². The number of aromatic amines is 1. The van der Waals surface area contributed by atoms with E-state index in [1.807, 2.05) is 0 Å². The monoisotopic (exact) mass is 362 g/mol. The first kappa shape index (κ1) is 19.7. The van der Waals surface area contributed by atoms with Crippen molar-refractivity contribution in [1.29, 1.82) is 0 Å². The summed E-state index contributed by atoms with van der Waals surface area (Å²) in [5, 5.41) is 11.7. The van der Waals surface area contributed by atoms with Gasteiger partial charge in [-0.3, -0.25) is 4.79 Å². The Morgan fingerprint density at radius 3 is 2.73 bits per heavy atom. The summed E-state index contributed by atoms with van der Waals surface area (Å²) in [6.45, 7) is 1.21. The molecular formula is C18H26N4O4. The lowest BCUT2D eigenvalue weighted by Gasteiger charge is -2.09. The van der Waals surface area contributed by atoms with Crippen LogP contribution in [0.4, 0.5) is 4.79 Å². The van der Waals surface area contributed by atoms with Crippen LogP contribution in [0.15, 0.2) is 24.4 Å². The number of amides is 1. The first-order valence-electron chi connectivity index (χ1n) is 8.47. The van der Waals surface area contributed by atoms with Crippen molar-refractivity contribution in [3.8, 4) is 0 Å². The maximum Gasteiger partial charge on any atom is 0.407 e. The summed E-state index contributed by atoms with van der Waals surface area (Å²) in [6.07, 6.45) is 3.62. The number of hydrogen-bond acceptors (Lipinski definition) is 5. The maximum absolute atomic E-state index is 11.1. The second-order valence-electron chi connectivity index (χ2n) is 6.49. The minimum Gasteiger partial charge on any atom is -0.480 e. The van der Waals surface area contributed by atoms with Gasteiger partial charge in [-0.2, -0.15) is 0 Å². The van der Waals surface area contributed by atoms with E-state index in [1.54, 1.807) is 0 Å². The molecule has 5 N–H and O–H groups in total. The molecule has 26 heavy (non-hydrogen) atoms. The van der Waals surface area contributed by atoms with E-state index in [4.69, 9.17) is 9.84 Å². The van der Waals surface area contributed by atoms with Crippen molar-refractivity contribution in [3.05, 3.63) is 35.5 Å². The number of carboxylic acid groups (broad SMARTS) is 1. The highest BCUT2D eigenvalue weighted by molar-refractivity contribution is 5.84. The summed E-state index contributed by atoms with van der Waals surface area (Å²) in [6, 6.07) is 6.53. The number of alkyl carbamates (subject to hydrolysis) is 1. The van der Waals surface area contributed by atoms with Crippen molar-refractivity contribution in [2.24, 2.45) is 5.73 Å². The number of fused-ring (bicyclic) bond motifs is 1. The van der Waals surface area contributed by atoms with Gasteiger partial charge in [0.05, 0.1) is 12.6 Å². The number of nitrogens with zero attached hydrogens (tertiary/aromatic N) is 1. The summed E-state index contributed by atoms with van der Waals surface area (Å²) in [5.74, 6) is -0.968. The molecule has 0 aliphatic carbocycles. The van der Waals surface area contributed by atoms with Gasteiger partial charge in [-0.15, -0.1) is 0 Å². The fourth-order valence-electron chi connectivity index (χ4n) is 2.72. The van der Waals surface area contributed by atoms with Crippen molar-refractivity contribution < 1.29 is 19.4 Å². The quantitative estimate of drug-likeness (QED) is 0.607. The van der Waals surface area contributed by atoms with Gasteiger partial charge in [0.1, 0.15) is 6.61 Å². The lowest BCUT2D eigenvalue weighted by Crippen LogP contribution is -2.28. The van der Waals surface area contributed by atoms with Crippen LogP contribution in [-0.4, -0.2) is 66.9 Å². The predicted molar refractivity (Wildman–Crippen MR) is 99.2 cm³/mol. The molecule has 142 valence electrons. The lowest BCUT2D eigenvalue weighted by molar-refractivity contribution is -0.135. The number of aromatic nitrogens is 1. The van der Waals surface area contributed by atoms with E-state index >= 15 is 0 Å². The molecule has 1 saturated heterocycles. The molecule has 2 heterocycles. The Morgan fingerprint density at radius 1 is 1.42 bits per heavy atom. The third-order valence-corrected chi connectivity index (χ3v) is 4.05. The van der Waals surface area contributed by atoms with Gasteiger partial charge in [0.15, 0.2) is 0 Å². The number of rotatable bonds is 6. The number of cyclic esters (lactones) is 1. The van der Waals surface area contributed by atoms with Crippen LogP contribution in [0.25, 0.3) is 10.9 Å². The van der Waals surface area contributed by atoms with Crippen molar-refractivity contribution in [1.82, 2.24) is 15.2 Å². The molecule has 1 aromatic heterocycles. The molecule has 0 saturated carbocycles. The summed E-state index contributed by atoms with van der Waals surface area (Å²) in [4.78, 5) is 25.8. The van der Waals surface area contributed by atoms with Crippen LogP contribution in [0.3, 0.4) is 0 Å². The Kier molecular flexibility index (Phi) is 6.99. The first-order valence-corrected chi connectivity index (χ1v) is 8.47. The van der Waals surface area contributed by atoms with Gasteiger partial charge < -0.3 is 30.8 Å². The van der Waals surface area contributed by atoms with Crippen molar-refractivity contribution in [3.63, 3.8) is 0 Å². The number of H-pyrrole nitrogens is 1. The minimum atomic E-state index is -0.968. The fourth-order valence-corrected chi connectivity index (χ4v) is 2.72. The number of nitrogens with two attached hydrogens (primary N) is 1. The summed E-state index contributed by atoms with van der Waals surface area (Å²) in [5.41, 5.74) is 8.30. The number of aliphatic carboxylic acids is 1. The summed E-state index contributed by atoms with van der Waals surface area (Å²) < 4.78 is 4.94. The minimum absolute atomic E-state index is 0.0825. The van der Waals surface area contributed by atoms with Gasteiger partial charge in [-0.1, -0.05) is 6.07 Å². The number of hydrogen-bond donors (Lipinski definition) is 4. The second kappa shape index (κ2) is 9.21. The van der Waals surface area contributed by atoms with E-state index in [2.05, 4.69) is 59.4 Å². The average molecular weight is 362 g/mol. The third-order valence-electron chi connectivity index (χ3n) is 4.05. The van der Waals surface area contributed by atoms with Gasteiger partial charge in [0.2, 0.25) is 0 Å². The summed E-state index contributed by atoms with van der Waals surface area (Å²) >= 11 is 0. The third kappa shape index (κ3) is 5.75. The zero-order chi connectivity index (χ0) is 19.1. The van der Waals surface area contributed by atoms with E-state index in [0.29, 0.717) is 6.61 Å². The van der Waals surface area contributed by atoms with Crippen LogP contribution in [0.2, 0.25) is 0 Å². The molecule has 1 atom stereocenters. The molecule has 8 nitrogen and oxygen atoms in total. The highest BCUT2D eigenvalue weighted by atomic mass is 16.6. The Bertz CT molecular complexity index is 757. The lowest BCUT2D eigenvalue weighted by atomic mass is 10.0. The van der Waals surface area contributed by atoms with Gasteiger partial charge in [-0.05, 0) is 50.2 Å². The number of likely N-dealkylation sites (N-methyl/N-ethyl adjacent to an activating group) is 1. The Morgan fingerprint density at radius 2 is 2.15 bits per heavy atom. The van der Waals surface area contributed by atoms with E-state index in [9.17, 15) is 9.59 Å². The molecule has 8 heteroatoms. The molecule has 3 rings (SSSR count). The van der Waals surface area contributed by atoms with Gasteiger partial charge in [-0.25, -0.2) is 4.79 Å². The first-order chi connectivity index (χ1) is 12.4. The highest BCUT2D eigenvalue weighted by Crippen LogP contribution is 2.21. The number of benzene rings is 1. The van der Waals surface area contributed by atoms with Gasteiger partial charge in [0.25, 0.3) is 0 Å². The Balaban J connectivity index is 0.000000431. The SMILES string of the molecule is CN(C)CCc1c[nH]c2ccc(C[C@H]3COC(=O)N3)cc12.NCC(=O)O. The molecule has 1 amide bonds. The smallest absolute Gasteiger partial charge is 0.407 e. The molecule has 0 unspecified atom stereocenters. The molecule has 1 aliphatic rings. The van der Waals surface area contributed by atoms with Gasteiger partial charge in [0, 0.05) is 23.6 Å². The maximum atomic E-state index is 11.1. The molecule has 1 aliphatic heterocycles. The molecule has 0 spiro atoms. The molecule has 2 aromatic rings. The van der Waals surface area contributed by atoms with Crippen LogP contribution in [-0.2, 0) is 22.4 Å². The number of ether oxygens (including phenoxy) is 1. The standard InChI is InChI=1S/C16H21N3O2.C2H5NO2/c1-19(2)6-5-12-9-17-15-4-3-11(8-14(12)15)7-13-10-21-16(20)18-13;3-1-2(4)5/h3-4,8-9,13,17H,5-7,10H2,1-2H3,(H,18,20);1,3H2,(H,4,5)/t13-;/m0./s1. The topological polar surface area (TPSA) is 121 Å². The van der Waals surface area contributed by atoms with E-state index in [-0.39, 0.29) is 18.7 Å².